The Labute approximate surface area is 97.4 Å². The van der Waals surface area contributed by atoms with Gasteiger partial charge >= 0.3 is 0 Å². The zero-order valence-electron chi connectivity index (χ0n) is 8.81. The van der Waals surface area contributed by atoms with Gasteiger partial charge in [0.25, 0.3) is 0 Å². The average Bonchev–Trinajstić information content (AvgIpc) is 2.60. The second-order valence-electron chi connectivity index (χ2n) is 4.84. The first-order valence-corrected chi connectivity index (χ1v) is 6.62. The number of fused-ring (bicyclic) bond motifs is 1. The largest absolute Gasteiger partial charge is 0.369 e. The lowest BCUT2D eigenvalue weighted by atomic mass is 9.82. The molecule has 0 aliphatic carbocycles. The van der Waals surface area contributed by atoms with Crippen molar-refractivity contribution in [1.82, 2.24) is 15.2 Å². The molecule has 4 nitrogen and oxygen atoms in total. The van der Waals surface area contributed by atoms with Gasteiger partial charge in [0.05, 0.1) is 11.9 Å². The molecular formula is C11H12N4S. The Kier molecular flexibility index (Phi) is 1.61. The van der Waals surface area contributed by atoms with Crippen molar-refractivity contribution >= 4 is 28.5 Å². The topological polar surface area (TPSA) is 44.8 Å². The smallest absolute Gasteiger partial charge is 0.180 e. The van der Waals surface area contributed by atoms with E-state index < -0.39 is 0 Å². The third-order valence-electron chi connectivity index (χ3n) is 3.51. The van der Waals surface area contributed by atoms with Gasteiger partial charge in [-0.2, -0.15) is 16.9 Å². The van der Waals surface area contributed by atoms with Gasteiger partial charge in [0, 0.05) is 41.6 Å². The Hall–Kier alpha value is -1.23. The number of H-pyrrole nitrogens is 1. The highest BCUT2D eigenvalue weighted by molar-refractivity contribution is 8.00. The van der Waals surface area contributed by atoms with Crippen molar-refractivity contribution in [3.8, 4) is 0 Å². The van der Waals surface area contributed by atoms with E-state index in [1.807, 2.05) is 12.4 Å². The lowest BCUT2D eigenvalue weighted by molar-refractivity contribution is 0.273. The van der Waals surface area contributed by atoms with E-state index in [0.29, 0.717) is 5.41 Å². The van der Waals surface area contributed by atoms with Crippen molar-refractivity contribution in [2.75, 3.05) is 29.5 Å². The number of anilines is 1. The SMILES string of the molecule is c1nc2n[nH]cc2cc1N1CC2(CSC2)C1. The summed E-state index contributed by atoms with van der Waals surface area (Å²) in [5.41, 5.74) is 2.67. The Morgan fingerprint density at radius 2 is 2.25 bits per heavy atom. The molecule has 2 fully saturated rings. The number of hydrogen-bond donors (Lipinski definition) is 1. The summed E-state index contributed by atoms with van der Waals surface area (Å²) in [4.78, 5) is 6.76. The fraction of sp³-hybridized carbons (Fsp3) is 0.455. The van der Waals surface area contributed by atoms with E-state index in [4.69, 9.17) is 0 Å². The zero-order valence-corrected chi connectivity index (χ0v) is 9.63. The second kappa shape index (κ2) is 2.91. The molecule has 0 aromatic carbocycles. The molecule has 16 heavy (non-hydrogen) atoms. The van der Waals surface area contributed by atoms with Gasteiger partial charge in [0.1, 0.15) is 0 Å². The third kappa shape index (κ3) is 1.12. The molecule has 0 saturated carbocycles. The quantitative estimate of drug-likeness (QED) is 0.809. The highest BCUT2D eigenvalue weighted by atomic mass is 32.2. The van der Waals surface area contributed by atoms with E-state index in [9.17, 15) is 0 Å². The number of pyridine rings is 1. The lowest BCUT2D eigenvalue weighted by Gasteiger charge is -2.56. The van der Waals surface area contributed by atoms with Gasteiger partial charge in [-0.3, -0.25) is 5.10 Å². The second-order valence-corrected chi connectivity index (χ2v) is 5.83. The van der Waals surface area contributed by atoms with Crippen LogP contribution in [0.3, 0.4) is 0 Å². The van der Waals surface area contributed by atoms with Crippen molar-refractivity contribution in [3.05, 3.63) is 18.5 Å². The summed E-state index contributed by atoms with van der Waals surface area (Å²) in [6.07, 6.45) is 3.84. The molecule has 1 N–H and O–H groups in total. The number of nitrogens with zero attached hydrogens (tertiary/aromatic N) is 3. The van der Waals surface area contributed by atoms with Crippen molar-refractivity contribution in [2.45, 2.75) is 0 Å². The van der Waals surface area contributed by atoms with Crippen LogP contribution in [-0.2, 0) is 0 Å². The molecular weight excluding hydrogens is 220 g/mol. The molecule has 2 aromatic rings. The molecule has 1 spiro atoms. The summed E-state index contributed by atoms with van der Waals surface area (Å²) < 4.78 is 0. The standard InChI is InChI=1S/C11H12N4S/c1-8-2-13-14-10(8)12-3-9(1)15-4-11(5-15)6-16-7-11/h1-3H,4-7H2,(H,12,13,14). The maximum Gasteiger partial charge on any atom is 0.180 e. The minimum atomic E-state index is 0.635. The molecule has 2 aliphatic heterocycles. The third-order valence-corrected chi connectivity index (χ3v) is 5.14. The first kappa shape index (κ1) is 8.87. The maximum absolute atomic E-state index is 4.35. The normalized spacial score (nSPS) is 22.1. The molecule has 0 atom stereocenters. The van der Waals surface area contributed by atoms with E-state index in [-0.39, 0.29) is 0 Å². The van der Waals surface area contributed by atoms with Crippen LogP contribution >= 0.6 is 11.8 Å². The summed E-state index contributed by atoms with van der Waals surface area (Å²) in [6.45, 7) is 2.40. The number of hydrogen-bond acceptors (Lipinski definition) is 4. The zero-order chi connectivity index (χ0) is 10.6. The highest BCUT2D eigenvalue weighted by Gasteiger charge is 2.48. The minimum absolute atomic E-state index is 0.635. The van der Waals surface area contributed by atoms with E-state index in [2.05, 4.69) is 37.9 Å². The Morgan fingerprint density at radius 1 is 1.38 bits per heavy atom. The van der Waals surface area contributed by atoms with Gasteiger partial charge in [-0.05, 0) is 6.07 Å². The number of rotatable bonds is 1. The molecule has 5 heteroatoms. The number of aromatic nitrogens is 3. The summed E-state index contributed by atoms with van der Waals surface area (Å²) in [5.74, 6) is 2.68. The van der Waals surface area contributed by atoms with E-state index in [1.165, 1.54) is 30.3 Å². The average molecular weight is 232 g/mol. The van der Waals surface area contributed by atoms with Crippen LogP contribution in [0.4, 0.5) is 5.69 Å². The van der Waals surface area contributed by atoms with Crippen LogP contribution in [0.15, 0.2) is 18.5 Å². The molecule has 2 aliphatic rings. The number of thioether (sulfide) groups is 1. The van der Waals surface area contributed by atoms with E-state index in [0.717, 1.165) is 11.0 Å². The molecule has 2 aromatic heterocycles. The fourth-order valence-electron chi connectivity index (χ4n) is 2.52. The van der Waals surface area contributed by atoms with Crippen LogP contribution in [0.25, 0.3) is 11.0 Å². The Bertz CT molecular complexity index is 538. The molecule has 0 unspecified atom stereocenters. The van der Waals surface area contributed by atoms with Crippen LogP contribution in [-0.4, -0.2) is 39.8 Å². The number of nitrogens with one attached hydrogen (secondary N) is 1. The van der Waals surface area contributed by atoms with Crippen molar-refractivity contribution in [2.24, 2.45) is 5.41 Å². The lowest BCUT2D eigenvalue weighted by Crippen LogP contribution is -2.63. The Balaban J connectivity index is 1.62. The van der Waals surface area contributed by atoms with Crippen LogP contribution < -0.4 is 4.90 Å². The van der Waals surface area contributed by atoms with Gasteiger partial charge in [-0.15, -0.1) is 0 Å². The van der Waals surface area contributed by atoms with Gasteiger partial charge in [-0.1, -0.05) is 0 Å². The van der Waals surface area contributed by atoms with Crippen molar-refractivity contribution in [3.63, 3.8) is 0 Å². The van der Waals surface area contributed by atoms with Gasteiger partial charge in [0.2, 0.25) is 0 Å². The molecule has 0 amide bonds. The fourth-order valence-corrected chi connectivity index (χ4v) is 3.66. The summed E-state index contributed by atoms with van der Waals surface area (Å²) >= 11 is 2.06. The van der Waals surface area contributed by atoms with Crippen LogP contribution in [0.5, 0.6) is 0 Å². The first-order chi connectivity index (χ1) is 7.85. The predicted octanol–water partition coefficient (Wildman–Crippen LogP) is 1.51. The molecule has 4 heterocycles. The maximum atomic E-state index is 4.35. The van der Waals surface area contributed by atoms with Crippen molar-refractivity contribution < 1.29 is 0 Å². The molecule has 82 valence electrons. The Morgan fingerprint density at radius 3 is 3.00 bits per heavy atom. The molecule has 4 rings (SSSR count). The first-order valence-electron chi connectivity index (χ1n) is 5.47. The highest BCUT2D eigenvalue weighted by Crippen LogP contribution is 2.46. The molecule has 2 saturated heterocycles. The summed E-state index contributed by atoms with van der Waals surface area (Å²) in [5, 5.41) is 8.00. The van der Waals surface area contributed by atoms with Crippen LogP contribution in [0.1, 0.15) is 0 Å². The minimum Gasteiger partial charge on any atom is -0.369 e. The predicted molar refractivity (Wildman–Crippen MR) is 65.9 cm³/mol. The van der Waals surface area contributed by atoms with Crippen molar-refractivity contribution in [1.29, 1.82) is 0 Å². The van der Waals surface area contributed by atoms with Crippen LogP contribution in [0.2, 0.25) is 0 Å². The van der Waals surface area contributed by atoms with Gasteiger partial charge in [-0.25, -0.2) is 4.98 Å². The number of aromatic amines is 1. The van der Waals surface area contributed by atoms with E-state index >= 15 is 0 Å². The van der Waals surface area contributed by atoms with Crippen LogP contribution in [0, 0.1) is 5.41 Å². The molecule has 0 bridgehead atoms. The molecule has 0 radical (unpaired) electrons. The summed E-state index contributed by atoms with van der Waals surface area (Å²) in [7, 11) is 0. The monoisotopic (exact) mass is 232 g/mol. The van der Waals surface area contributed by atoms with Gasteiger partial charge in [0.15, 0.2) is 5.65 Å². The van der Waals surface area contributed by atoms with Gasteiger partial charge < -0.3 is 4.90 Å². The summed E-state index contributed by atoms with van der Waals surface area (Å²) in [6, 6.07) is 2.17. The van der Waals surface area contributed by atoms with E-state index in [1.54, 1.807) is 0 Å².